The molecule has 0 N–H and O–H groups in total. The molecule has 2 aliphatic carbocycles. The Kier molecular flexibility index (Phi) is 7.44. The second-order valence-electron chi connectivity index (χ2n) is 17.6. The molecule has 8 aromatic carbocycles. The molecule has 3 nitrogen and oxygen atoms in total. The molecular weight excluding hydrogens is 749 g/mol. The number of fused-ring (bicyclic) bond motifs is 14. The number of benzene rings is 8. The lowest BCUT2D eigenvalue weighted by Crippen LogP contribution is -2.57. The predicted octanol–water partition coefficient (Wildman–Crippen LogP) is 12.6. The van der Waals surface area contributed by atoms with Crippen molar-refractivity contribution in [2.24, 2.45) is 0 Å². The third-order valence-electron chi connectivity index (χ3n) is 13.3. The summed E-state index contributed by atoms with van der Waals surface area (Å²) in [5.74, 6) is 0. The number of aromatic nitrogens is 2. The van der Waals surface area contributed by atoms with E-state index in [-0.39, 0.29) is 0 Å². The molecule has 5 heteroatoms. The molecule has 10 aromatic rings. The van der Waals surface area contributed by atoms with Gasteiger partial charge in [-0.1, -0.05) is 133 Å². The molecule has 0 fully saturated rings. The summed E-state index contributed by atoms with van der Waals surface area (Å²) in [6, 6.07) is 63.4. The zero-order valence-electron chi connectivity index (χ0n) is 33.9. The Morgan fingerprint density at radius 1 is 0.390 bits per heavy atom. The van der Waals surface area contributed by atoms with Crippen LogP contribution in [-0.2, 0) is 17.0 Å². The van der Waals surface area contributed by atoms with Crippen molar-refractivity contribution in [3.63, 3.8) is 0 Å². The van der Waals surface area contributed by atoms with Crippen molar-refractivity contribution in [3.05, 3.63) is 192 Å². The zero-order valence-corrected chi connectivity index (χ0v) is 35.9. The van der Waals surface area contributed by atoms with E-state index in [1.165, 1.54) is 110 Å². The molecule has 0 aliphatic heterocycles. The summed E-state index contributed by atoms with van der Waals surface area (Å²) in [5, 5.41) is 7.89. The first-order valence-electron chi connectivity index (χ1n) is 20.9. The molecule has 12 rings (SSSR count). The predicted molar refractivity (Wildman–Crippen MR) is 253 cm³/mol. The minimum Gasteiger partial charge on any atom is -0.449 e. The molecule has 0 saturated carbocycles. The SMILES string of the molecule is C[Si](C)(O[Si](C)(C)c1ccc2c(c1)c1ccc3c(c1n2-c1ccccc1)Cc1ccccc1-3)c1ccc2c(c1)c1ccc3c(c1n2-c1ccccc1)Cc1ccccc1-3. The lowest BCUT2D eigenvalue weighted by Gasteiger charge is -2.34. The van der Waals surface area contributed by atoms with E-state index in [1.807, 2.05) is 0 Å². The summed E-state index contributed by atoms with van der Waals surface area (Å²) in [6.45, 7) is 9.59. The van der Waals surface area contributed by atoms with Crippen LogP contribution in [0.5, 0.6) is 0 Å². The maximum Gasteiger partial charge on any atom is 0.206 e. The van der Waals surface area contributed by atoms with Gasteiger partial charge in [0, 0.05) is 45.8 Å². The van der Waals surface area contributed by atoms with E-state index in [2.05, 4.69) is 205 Å². The lowest BCUT2D eigenvalue weighted by molar-refractivity contribution is 0.573. The summed E-state index contributed by atoms with van der Waals surface area (Å²) in [5.41, 5.74) is 18.6. The number of para-hydroxylation sites is 2. The lowest BCUT2D eigenvalue weighted by atomic mass is 10.0. The van der Waals surface area contributed by atoms with Crippen molar-refractivity contribution in [3.8, 4) is 33.6 Å². The minimum atomic E-state index is -2.42. The van der Waals surface area contributed by atoms with E-state index < -0.39 is 16.6 Å². The second-order valence-corrected chi connectivity index (χ2v) is 25.6. The fourth-order valence-electron chi connectivity index (χ4n) is 10.7. The normalized spacial score (nSPS) is 13.4. The number of rotatable bonds is 6. The van der Waals surface area contributed by atoms with E-state index in [0.717, 1.165) is 12.8 Å². The van der Waals surface area contributed by atoms with Gasteiger partial charge in [0.05, 0.1) is 22.1 Å². The average Bonchev–Trinajstić information content (AvgIpc) is 4.01. The highest BCUT2D eigenvalue weighted by molar-refractivity contribution is 6.97. The van der Waals surface area contributed by atoms with Crippen molar-refractivity contribution in [2.75, 3.05) is 0 Å². The van der Waals surface area contributed by atoms with Crippen LogP contribution < -0.4 is 10.4 Å². The van der Waals surface area contributed by atoms with Crippen molar-refractivity contribution < 1.29 is 4.12 Å². The van der Waals surface area contributed by atoms with Gasteiger partial charge in [0.15, 0.2) is 0 Å². The molecule has 0 atom stereocenters. The van der Waals surface area contributed by atoms with Crippen LogP contribution in [0, 0.1) is 0 Å². The smallest absolute Gasteiger partial charge is 0.206 e. The van der Waals surface area contributed by atoms with Gasteiger partial charge in [0.1, 0.15) is 0 Å². The minimum absolute atomic E-state index is 0.951. The Hall–Kier alpha value is -6.25. The van der Waals surface area contributed by atoms with Crippen LogP contribution in [0.3, 0.4) is 0 Å². The van der Waals surface area contributed by atoms with Crippen molar-refractivity contribution in [2.45, 2.75) is 39.0 Å². The Bertz CT molecular complexity index is 3130. The van der Waals surface area contributed by atoms with E-state index >= 15 is 0 Å². The molecule has 0 saturated heterocycles. The van der Waals surface area contributed by atoms with Crippen molar-refractivity contribution in [1.29, 1.82) is 0 Å². The van der Waals surface area contributed by atoms with Crippen LogP contribution in [0.25, 0.3) is 77.2 Å². The van der Waals surface area contributed by atoms with Crippen LogP contribution in [0.2, 0.25) is 26.2 Å². The summed E-state index contributed by atoms with van der Waals surface area (Å²) in [7, 11) is -4.83. The zero-order chi connectivity index (χ0) is 39.6. The van der Waals surface area contributed by atoms with E-state index in [1.54, 1.807) is 0 Å². The highest BCUT2D eigenvalue weighted by Crippen LogP contribution is 2.46. The van der Waals surface area contributed by atoms with E-state index in [4.69, 9.17) is 4.12 Å². The van der Waals surface area contributed by atoms with Crippen LogP contribution in [0.1, 0.15) is 22.3 Å². The van der Waals surface area contributed by atoms with Crippen LogP contribution in [0.4, 0.5) is 0 Å². The molecule has 2 heterocycles. The van der Waals surface area contributed by atoms with Crippen molar-refractivity contribution >= 4 is 70.6 Å². The average molecular weight is 793 g/mol. The third kappa shape index (κ3) is 5.15. The van der Waals surface area contributed by atoms with Gasteiger partial charge in [-0.2, -0.15) is 0 Å². The second kappa shape index (κ2) is 12.6. The van der Waals surface area contributed by atoms with Gasteiger partial charge in [-0.3, -0.25) is 0 Å². The molecule has 0 spiro atoms. The summed E-state index contributed by atoms with van der Waals surface area (Å²) >= 11 is 0. The highest BCUT2D eigenvalue weighted by Gasteiger charge is 2.37. The van der Waals surface area contributed by atoms with Crippen LogP contribution in [-0.4, -0.2) is 25.8 Å². The first kappa shape index (κ1) is 34.8. The molecular formula is C54H44N2OSi2. The first-order chi connectivity index (χ1) is 28.7. The number of hydrogen-bond donors (Lipinski definition) is 0. The Morgan fingerprint density at radius 2 is 0.797 bits per heavy atom. The Balaban J connectivity index is 0.968. The Labute approximate surface area is 347 Å². The first-order valence-corrected chi connectivity index (χ1v) is 26.8. The van der Waals surface area contributed by atoms with E-state index in [9.17, 15) is 0 Å². The topological polar surface area (TPSA) is 19.1 Å². The standard InChI is InChI=1S/C54H44N2OSi2/c1-58(2,39-23-29-51-47(33-39)45-27-25-43-41-21-13-11-15-35(41)31-49(43)53(45)55(51)37-17-7-5-8-18-37)57-59(3,4)40-24-30-52-48(34-40)46-28-26-44-42-22-14-12-16-36(42)32-50(44)54(46)56(52)38-19-9-6-10-20-38/h5-30,33-34H,31-32H2,1-4H3. The van der Waals surface area contributed by atoms with Gasteiger partial charge in [-0.05, 0) is 117 Å². The van der Waals surface area contributed by atoms with Gasteiger partial charge in [-0.25, -0.2) is 0 Å². The van der Waals surface area contributed by atoms with Gasteiger partial charge in [0.25, 0.3) is 0 Å². The van der Waals surface area contributed by atoms with Crippen LogP contribution >= 0.6 is 0 Å². The largest absolute Gasteiger partial charge is 0.449 e. The fourth-order valence-corrected chi connectivity index (χ4v) is 18.7. The molecule has 59 heavy (non-hydrogen) atoms. The molecule has 0 bridgehead atoms. The quantitative estimate of drug-likeness (QED) is 0.154. The summed E-state index contributed by atoms with van der Waals surface area (Å²) in [4.78, 5) is 0. The highest BCUT2D eigenvalue weighted by atomic mass is 28.4. The molecule has 0 unspecified atom stereocenters. The molecule has 0 amide bonds. The van der Waals surface area contributed by atoms with Crippen LogP contribution in [0.15, 0.2) is 170 Å². The number of hydrogen-bond acceptors (Lipinski definition) is 1. The Morgan fingerprint density at radius 3 is 1.24 bits per heavy atom. The molecule has 284 valence electrons. The monoisotopic (exact) mass is 792 g/mol. The summed E-state index contributed by atoms with van der Waals surface area (Å²) < 4.78 is 12.6. The van der Waals surface area contributed by atoms with Gasteiger partial charge < -0.3 is 13.2 Å². The fraction of sp³-hybridized carbons (Fsp3) is 0.111. The van der Waals surface area contributed by atoms with Gasteiger partial charge in [0.2, 0.25) is 16.6 Å². The van der Waals surface area contributed by atoms with Gasteiger partial charge in [-0.15, -0.1) is 0 Å². The molecule has 2 aromatic heterocycles. The third-order valence-corrected chi connectivity index (χ3v) is 20.8. The van der Waals surface area contributed by atoms with E-state index in [0.29, 0.717) is 0 Å². The molecule has 0 radical (unpaired) electrons. The maximum absolute atomic E-state index is 7.60. The summed E-state index contributed by atoms with van der Waals surface area (Å²) in [6.07, 6.45) is 1.90. The maximum atomic E-state index is 7.60. The van der Waals surface area contributed by atoms with Gasteiger partial charge >= 0.3 is 0 Å². The molecule has 2 aliphatic rings. The number of nitrogens with zero attached hydrogens (tertiary/aromatic N) is 2. The van der Waals surface area contributed by atoms with Crippen molar-refractivity contribution in [1.82, 2.24) is 9.13 Å².